The van der Waals surface area contributed by atoms with E-state index in [1.54, 1.807) is 29.1 Å². The van der Waals surface area contributed by atoms with Crippen molar-refractivity contribution in [3.8, 4) is 16.9 Å². The highest BCUT2D eigenvalue weighted by Gasteiger charge is 2.16. The molecule has 0 spiro atoms. The Morgan fingerprint density at radius 3 is 2.62 bits per heavy atom. The van der Waals surface area contributed by atoms with Crippen molar-refractivity contribution in [2.45, 2.75) is 13.3 Å². The maximum absolute atomic E-state index is 11.2. The highest BCUT2D eigenvalue weighted by atomic mass is 35.5. The molecule has 1 heterocycles. The average Bonchev–Trinajstić information content (AvgIpc) is 2.93. The molecule has 3 rings (SSSR count). The molecule has 0 unspecified atom stereocenters. The number of halogens is 2. The van der Waals surface area contributed by atoms with E-state index in [2.05, 4.69) is 5.10 Å². The minimum Gasteiger partial charge on any atom is -0.481 e. The first kappa shape index (κ1) is 16.6. The Kier molecular flexibility index (Phi) is 4.60. The zero-order valence-corrected chi connectivity index (χ0v) is 14.3. The van der Waals surface area contributed by atoms with E-state index in [1.807, 2.05) is 31.2 Å². The number of carbonyl (C=O) groups is 1. The van der Waals surface area contributed by atoms with Crippen LogP contribution in [0.1, 0.15) is 11.1 Å². The Bertz CT molecular complexity index is 919. The lowest BCUT2D eigenvalue weighted by atomic mass is 10.1. The van der Waals surface area contributed by atoms with Crippen molar-refractivity contribution in [1.29, 1.82) is 0 Å². The van der Waals surface area contributed by atoms with Gasteiger partial charge in [0, 0.05) is 17.3 Å². The molecule has 24 heavy (non-hydrogen) atoms. The van der Waals surface area contributed by atoms with Crippen molar-refractivity contribution in [3.63, 3.8) is 0 Å². The van der Waals surface area contributed by atoms with Gasteiger partial charge in [-0.25, -0.2) is 4.68 Å². The molecule has 4 nitrogen and oxygen atoms in total. The number of aromatic nitrogens is 2. The molecule has 0 radical (unpaired) electrons. The van der Waals surface area contributed by atoms with Gasteiger partial charge in [-0.15, -0.1) is 0 Å². The minimum absolute atomic E-state index is 0.124. The largest absolute Gasteiger partial charge is 0.481 e. The van der Waals surface area contributed by atoms with Crippen LogP contribution in [-0.2, 0) is 11.2 Å². The average molecular weight is 361 g/mol. The predicted octanol–water partition coefficient (Wildman–Crippen LogP) is 4.78. The Morgan fingerprint density at radius 2 is 1.96 bits per heavy atom. The molecule has 0 saturated heterocycles. The molecule has 0 fully saturated rings. The molecule has 0 aliphatic heterocycles. The number of rotatable bonds is 4. The van der Waals surface area contributed by atoms with Gasteiger partial charge in [-0.05, 0) is 36.8 Å². The van der Waals surface area contributed by atoms with Gasteiger partial charge in [0.05, 0.1) is 27.8 Å². The van der Waals surface area contributed by atoms with Gasteiger partial charge < -0.3 is 5.11 Å². The Labute approximate surface area is 149 Å². The summed E-state index contributed by atoms with van der Waals surface area (Å²) in [6.07, 6.45) is 1.61. The molecule has 0 aliphatic carbocycles. The summed E-state index contributed by atoms with van der Waals surface area (Å²) in [6, 6.07) is 13.0. The Hall–Kier alpha value is -2.30. The highest BCUT2D eigenvalue weighted by molar-refractivity contribution is 6.42. The first-order valence-electron chi connectivity index (χ1n) is 7.27. The summed E-state index contributed by atoms with van der Waals surface area (Å²) in [5.41, 5.74) is 3.89. The van der Waals surface area contributed by atoms with E-state index < -0.39 is 5.97 Å². The van der Waals surface area contributed by atoms with Crippen LogP contribution in [0.5, 0.6) is 0 Å². The van der Waals surface area contributed by atoms with Crippen LogP contribution in [0.15, 0.2) is 48.7 Å². The third-order valence-electron chi connectivity index (χ3n) is 3.59. The van der Waals surface area contributed by atoms with E-state index in [0.29, 0.717) is 21.3 Å². The summed E-state index contributed by atoms with van der Waals surface area (Å²) in [7, 11) is 0. The lowest BCUT2D eigenvalue weighted by Gasteiger charge is -2.03. The summed E-state index contributed by atoms with van der Waals surface area (Å²) in [6.45, 7) is 1.99. The number of carboxylic acids is 1. The van der Waals surface area contributed by atoms with Gasteiger partial charge in [-0.3, -0.25) is 4.79 Å². The Balaban J connectivity index is 2.13. The maximum Gasteiger partial charge on any atom is 0.307 e. The van der Waals surface area contributed by atoms with E-state index in [-0.39, 0.29) is 6.42 Å². The maximum atomic E-state index is 11.2. The quantitative estimate of drug-likeness (QED) is 0.728. The van der Waals surface area contributed by atoms with Crippen molar-refractivity contribution in [2.75, 3.05) is 0 Å². The van der Waals surface area contributed by atoms with Gasteiger partial charge in [-0.1, -0.05) is 41.4 Å². The van der Waals surface area contributed by atoms with E-state index in [4.69, 9.17) is 23.2 Å². The highest BCUT2D eigenvalue weighted by Crippen LogP contribution is 2.30. The third kappa shape index (κ3) is 3.45. The van der Waals surface area contributed by atoms with Gasteiger partial charge in [-0.2, -0.15) is 5.10 Å². The topological polar surface area (TPSA) is 55.1 Å². The number of benzene rings is 2. The zero-order chi connectivity index (χ0) is 17.3. The van der Waals surface area contributed by atoms with Crippen LogP contribution in [0.4, 0.5) is 0 Å². The number of carboxylic acid groups (broad SMARTS) is 1. The molecule has 0 atom stereocenters. The summed E-state index contributed by atoms with van der Waals surface area (Å²) >= 11 is 12.0. The second-order valence-corrected chi connectivity index (χ2v) is 6.30. The monoisotopic (exact) mass is 360 g/mol. The van der Waals surface area contributed by atoms with E-state index in [1.165, 1.54) is 0 Å². The molecule has 0 aliphatic rings. The van der Waals surface area contributed by atoms with Crippen LogP contribution in [0.25, 0.3) is 16.9 Å². The van der Waals surface area contributed by atoms with Crippen LogP contribution in [0.2, 0.25) is 10.0 Å². The van der Waals surface area contributed by atoms with Crippen molar-refractivity contribution in [2.24, 2.45) is 0 Å². The summed E-state index contributed by atoms with van der Waals surface area (Å²) in [5, 5.41) is 14.6. The van der Waals surface area contributed by atoms with Gasteiger partial charge in [0.2, 0.25) is 0 Å². The van der Waals surface area contributed by atoms with Crippen molar-refractivity contribution in [1.82, 2.24) is 9.78 Å². The predicted molar refractivity (Wildman–Crippen MR) is 95.1 cm³/mol. The van der Waals surface area contributed by atoms with Gasteiger partial charge in [0.1, 0.15) is 0 Å². The van der Waals surface area contributed by atoms with Crippen molar-refractivity contribution >= 4 is 29.2 Å². The minimum atomic E-state index is -0.917. The molecule has 0 saturated carbocycles. The smallest absolute Gasteiger partial charge is 0.307 e. The van der Waals surface area contributed by atoms with Crippen molar-refractivity contribution in [3.05, 3.63) is 69.8 Å². The normalized spacial score (nSPS) is 10.8. The summed E-state index contributed by atoms with van der Waals surface area (Å²) in [4.78, 5) is 11.2. The molecular formula is C18H14Cl2N2O2. The van der Waals surface area contributed by atoms with Gasteiger partial charge in [0.25, 0.3) is 0 Å². The van der Waals surface area contributed by atoms with Crippen LogP contribution in [0.3, 0.4) is 0 Å². The third-order valence-corrected chi connectivity index (χ3v) is 4.33. The van der Waals surface area contributed by atoms with E-state index in [0.717, 1.165) is 16.8 Å². The lowest BCUT2D eigenvalue weighted by Crippen LogP contribution is -2.00. The number of hydrogen-bond donors (Lipinski definition) is 1. The van der Waals surface area contributed by atoms with Gasteiger partial charge in [0.15, 0.2) is 0 Å². The molecular weight excluding hydrogens is 347 g/mol. The number of aryl methyl sites for hydroxylation is 1. The van der Waals surface area contributed by atoms with Gasteiger partial charge >= 0.3 is 5.97 Å². The first-order chi connectivity index (χ1) is 11.4. The van der Waals surface area contributed by atoms with Crippen LogP contribution in [-0.4, -0.2) is 20.9 Å². The fourth-order valence-electron chi connectivity index (χ4n) is 2.49. The summed E-state index contributed by atoms with van der Waals surface area (Å²) < 4.78 is 1.68. The molecule has 0 amide bonds. The molecule has 122 valence electrons. The van der Waals surface area contributed by atoms with Crippen LogP contribution < -0.4 is 0 Å². The van der Waals surface area contributed by atoms with E-state index in [9.17, 15) is 9.90 Å². The Morgan fingerprint density at radius 1 is 1.17 bits per heavy atom. The van der Waals surface area contributed by atoms with E-state index >= 15 is 0 Å². The second-order valence-electron chi connectivity index (χ2n) is 5.49. The molecule has 6 heteroatoms. The number of hydrogen-bond acceptors (Lipinski definition) is 2. The first-order valence-corrected chi connectivity index (χ1v) is 8.02. The fraction of sp³-hybridized carbons (Fsp3) is 0.111. The number of aliphatic carboxylic acids is 1. The molecule has 1 aromatic heterocycles. The standard InChI is InChI=1S/C18H14Cl2N2O2/c1-11-3-2-4-14(7-11)22-10-13(9-17(23)24)18(21-22)12-5-6-15(19)16(20)8-12/h2-8,10H,9H2,1H3,(H,23,24). The van der Waals surface area contributed by atoms with Crippen molar-refractivity contribution < 1.29 is 9.90 Å². The second kappa shape index (κ2) is 6.67. The van der Waals surface area contributed by atoms with Crippen LogP contribution >= 0.6 is 23.2 Å². The molecule has 0 bridgehead atoms. The zero-order valence-electron chi connectivity index (χ0n) is 12.8. The van der Waals surface area contributed by atoms with Crippen LogP contribution in [0, 0.1) is 6.92 Å². The fourth-order valence-corrected chi connectivity index (χ4v) is 2.79. The molecule has 1 N–H and O–H groups in total. The molecule has 2 aromatic carbocycles. The summed E-state index contributed by atoms with van der Waals surface area (Å²) in [5.74, 6) is -0.917. The molecule has 3 aromatic rings. The lowest BCUT2D eigenvalue weighted by molar-refractivity contribution is -0.136. The SMILES string of the molecule is Cc1cccc(-n2cc(CC(=O)O)c(-c3ccc(Cl)c(Cl)c3)n2)c1. The number of nitrogens with zero attached hydrogens (tertiary/aromatic N) is 2.